The summed E-state index contributed by atoms with van der Waals surface area (Å²) in [5.74, 6) is 0. The number of benzene rings is 2. The van der Waals surface area contributed by atoms with Gasteiger partial charge in [0.15, 0.2) is 0 Å². The lowest BCUT2D eigenvalue weighted by molar-refractivity contribution is -2.00. The standard InChI is InChI=1S/C17H16IS.ClHO4/c18-12-6-5-7-13-14-8-1-3-10-16(14)19-17-11-4-2-9-15(13)17;2-1(3,4)5/h1-4,8-11H,5-7,12H2;(H,2,3,4,5)/q+1;/p-1. The average Bonchev–Trinajstić information content (AvgIpc) is 2.53. The smallest absolute Gasteiger partial charge is 0.222 e. The molecule has 0 amide bonds. The summed E-state index contributed by atoms with van der Waals surface area (Å²) in [6.07, 6.45) is 3.78. The topological polar surface area (TPSA) is 92.2 Å². The van der Waals surface area contributed by atoms with Crippen molar-refractivity contribution in [3.63, 3.8) is 0 Å². The van der Waals surface area contributed by atoms with Crippen molar-refractivity contribution in [2.75, 3.05) is 4.43 Å². The van der Waals surface area contributed by atoms with Crippen LogP contribution in [0.25, 0.3) is 20.2 Å². The van der Waals surface area contributed by atoms with E-state index >= 15 is 0 Å². The molecule has 0 aliphatic carbocycles. The van der Waals surface area contributed by atoms with Gasteiger partial charge in [-0.25, -0.2) is 18.6 Å². The van der Waals surface area contributed by atoms with Crippen LogP contribution in [0.15, 0.2) is 48.5 Å². The largest absolute Gasteiger partial charge is 0.239 e. The summed E-state index contributed by atoms with van der Waals surface area (Å²) < 4.78 is 38.0. The van der Waals surface area contributed by atoms with Crippen LogP contribution in [0.5, 0.6) is 0 Å². The lowest BCUT2D eigenvalue weighted by Crippen LogP contribution is -2.68. The fraction of sp³-hybridized carbons (Fsp3) is 0.235. The van der Waals surface area contributed by atoms with Crippen molar-refractivity contribution >= 4 is 54.1 Å². The molecule has 0 saturated carbocycles. The van der Waals surface area contributed by atoms with E-state index in [0.29, 0.717) is 0 Å². The summed E-state index contributed by atoms with van der Waals surface area (Å²) in [6.45, 7) is 0. The molecular weight excluding hydrogens is 463 g/mol. The molecule has 0 spiro atoms. The van der Waals surface area contributed by atoms with Crippen LogP contribution in [-0.2, 0) is 6.42 Å². The molecule has 128 valence electrons. The predicted molar refractivity (Wildman–Crippen MR) is 95.6 cm³/mol. The molecule has 1 heterocycles. The normalized spacial score (nSPS) is 11.4. The zero-order chi connectivity index (χ0) is 17.6. The highest BCUT2D eigenvalue weighted by Gasteiger charge is 2.15. The fourth-order valence-electron chi connectivity index (χ4n) is 2.54. The second kappa shape index (κ2) is 9.19. The van der Waals surface area contributed by atoms with Crippen molar-refractivity contribution in [3.8, 4) is 0 Å². The van der Waals surface area contributed by atoms with Gasteiger partial charge in [0.05, 0.1) is 0 Å². The van der Waals surface area contributed by atoms with Gasteiger partial charge in [0, 0.05) is 22.9 Å². The molecule has 24 heavy (non-hydrogen) atoms. The number of alkyl halides is 1. The SMILES string of the molecule is ICCCCc1c2ccccc2[s+]c2ccccc12.[O-][Cl+3]([O-])([O-])[O-]. The van der Waals surface area contributed by atoms with Gasteiger partial charge in [0.1, 0.15) is 0 Å². The first-order chi connectivity index (χ1) is 11.4. The number of unbranched alkanes of at least 4 members (excludes halogenated alkanes) is 1. The second-order valence-electron chi connectivity index (χ2n) is 5.10. The van der Waals surface area contributed by atoms with Crippen LogP contribution in [-0.4, -0.2) is 4.43 Å². The maximum atomic E-state index is 8.49. The Bertz CT molecular complexity index is 747. The van der Waals surface area contributed by atoms with E-state index in [-0.39, 0.29) is 0 Å². The third-order valence-corrected chi connectivity index (χ3v) is 5.37. The van der Waals surface area contributed by atoms with Crippen LogP contribution in [0, 0.1) is 10.2 Å². The molecule has 0 saturated heterocycles. The highest BCUT2D eigenvalue weighted by atomic mass is 127. The van der Waals surface area contributed by atoms with E-state index in [0.717, 1.165) is 0 Å². The molecular formula is C17H16ClIO4S. The Morgan fingerprint density at radius 2 is 1.25 bits per heavy atom. The first-order valence-corrected chi connectivity index (χ1v) is 10.9. The number of hydrogen-bond acceptors (Lipinski definition) is 4. The summed E-state index contributed by atoms with van der Waals surface area (Å²) in [6, 6.07) is 17.6. The van der Waals surface area contributed by atoms with Gasteiger partial charge in [-0.05, 0) is 41.4 Å². The summed E-state index contributed by atoms with van der Waals surface area (Å²) >= 11 is 4.37. The van der Waals surface area contributed by atoms with E-state index in [9.17, 15) is 0 Å². The van der Waals surface area contributed by atoms with Gasteiger partial charge in [-0.15, -0.1) is 10.2 Å². The van der Waals surface area contributed by atoms with Crippen LogP contribution >= 0.6 is 33.9 Å². The van der Waals surface area contributed by atoms with Crippen molar-refractivity contribution < 1.29 is 28.9 Å². The van der Waals surface area contributed by atoms with Crippen LogP contribution in [0.3, 0.4) is 0 Å². The van der Waals surface area contributed by atoms with E-state index < -0.39 is 10.2 Å². The molecule has 0 bridgehead atoms. The molecule has 7 heteroatoms. The van der Waals surface area contributed by atoms with E-state index in [1.54, 1.807) is 0 Å². The predicted octanol–water partition coefficient (Wildman–Crippen LogP) is 1.34. The van der Waals surface area contributed by atoms with Crippen molar-refractivity contribution in [1.82, 2.24) is 0 Å². The molecule has 3 aromatic rings. The third kappa shape index (κ3) is 6.03. The quantitative estimate of drug-likeness (QED) is 0.186. The zero-order valence-corrected chi connectivity index (χ0v) is 16.5. The van der Waals surface area contributed by atoms with Gasteiger partial charge in [0.25, 0.3) is 0 Å². The minimum absolute atomic E-state index is 1.19. The van der Waals surface area contributed by atoms with Crippen LogP contribution in [0.1, 0.15) is 18.4 Å². The summed E-state index contributed by atoms with van der Waals surface area (Å²) in [5, 5.41) is 2.89. The van der Waals surface area contributed by atoms with E-state index in [1.165, 1.54) is 49.4 Å². The van der Waals surface area contributed by atoms with Crippen molar-refractivity contribution in [2.24, 2.45) is 0 Å². The molecule has 3 rings (SSSR count). The third-order valence-electron chi connectivity index (χ3n) is 3.45. The van der Waals surface area contributed by atoms with Crippen LogP contribution in [0.2, 0.25) is 0 Å². The Kier molecular flexibility index (Phi) is 7.55. The summed E-state index contributed by atoms with van der Waals surface area (Å²) in [7, 11) is -4.94. The monoisotopic (exact) mass is 478 g/mol. The fourth-order valence-corrected chi connectivity index (χ4v) is 4.21. The van der Waals surface area contributed by atoms with Crippen molar-refractivity contribution in [3.05, 3.63) is 54.1 Å². The first kappa shape index (κ1) is 19.7. The number of aryl methyl sites for hydroxylation is 1. The number of halogens is 2. The maximum absolute atomic E-state index is 8.49. The van der Waals surface area contributed by atoms with Crippen LogP contribution < -0.4 is 18.6 Å². The summed E-state index contributed by atoms with van der Waals surface area (Å²) in [4.78, 5) is 0. The van der Waals surface area contributed by atoms with Crippen molar-refractivity contribution in [2.45, 2.75) is 19.3 Å². The molecule has 0 atom stereocenters. The molecule has 2 aromatic carbocycles. The number of hydrogen-bond donors (Lipinski definition) is 0. The Labute approximate surface area is 160 Å². The number of fused-ring (bicyclic) bond motifs is 2. The molecule has 4 nitrogen and oxygen atoms in total. The van der Waals surface area contributed by atoms with Gasteiger partial charge in [-0.2, -0.15) is 0 Å². The Morgan fingerprint density at radius 3 is 1.71 bits per heavy atom. The highest BCUT2D eigenvalue weighted by Crippen LogP contribution is 2.33. The average molecular weight is 479 g/mol. The first-order valence-electron chi connectivity index (χ1n) is 7.30. The lowest BCUT2D eigenvalue weighted by atomic mass is 10.0. The highest BCUT2D eigenvalue weighted by molar-refractivity contribution is 14.1. The molecule has 0 fully saturated rings. The molecule has 0 N–H and O–H groups in total. The Balaban J connectivity index is 0.000000368. The number of rotatable bonds is 4. The van der Waals surface area contributed by atoms with Gasteiger partial charge < -0.3 is 0 Å². The molecule has 0 aliphatic heterocycles. The van der Waals surface area contributed by atoms with E-state index in [2.05, 4.69) is 71.1 Å². The van der Waals surface area contributed by atoms with Crippen molar-refractivity contribution in [1.29, 1.82) is 0 Å². The van der Waals surface area contributed by atoms with Gasteiger partial charge in [-0.3, -0.25) is 0 Å². The second-order valence-corrected chi connectivity index (χ2v) is 8.02. The Morgan fingerprint density at radius 1 is 0.792 bits per heavy atom. The van der Waals surface area contributed by atoms with Gasteiger partial charge >= 0.3 is 0 Å². The van der Waals surface area contributed by atoms with Gasteiger partial charge in [0.2, 0.25) is 20.7 Å². The molecule has 0 unspecified atom stereocenters. The molecule has 1 aromatic heterocycles. The zero-order valence-electron chi connectivity index (χ0n) is 12.7. The minimum atomic E-state index is -4.94. The van der Waals surface area contributed by atoms with Gasteiger partial charge in [-0.1, -0.05) is 46.9 Å². The maximum Gasteiger partial charge on any atom is 0.239 e. The van der Waals surface area contributed by atoms with E-state index in [1.807, 2.05) is 11.3 Å². The summed E-state index contributed by atoms with van der Waals surface area (Å²) in [5.41, 5.74) is 1.54. The van der Waals surface area contributed by atoms with Crippen LogP contribution in [0.4, 0.5) is 0 Å². The molecule has 0 radical (unpaired) electrons. The van der Waals surface area contributed by atoms with E-state index in [4.69, 9.17) is 18.6 Å². The molecule has 0 aliphatic rings. The Hall–Kier alpha value is -0.610. The lowest BCUT2D eigenvalue weighted by Gasteiger charge is -2.17. The minimum Gasteiger partial charge on any atom is -0.222 e.